The van der Waals surface area contributed by atoms with Crippen molar-refractivity contribution in [3.63, 3.8) is 0 Å². The molecule has 0 spiro atoms. The van der Waals surface area contributed by atoms with Crippen molar-refractivity contribution >= 4 is 5.82 Å². The Morgan fingerprint density at radius 3 is 2.43 bits per heavy atom. The Morgan fingerprint density at radius 1 is 1.21 bits per heavy atom. The Morgan fingerprint density at radius 2 is 1.93 bits per heavy atom. The summed E-state index contributed by atoms with van der Waals surface area (Å²) in [6, 6.07) is 0. The molecule has 3 heteroatoms. The number of nitrogens with two attached hydrogens (primary N) is 1. The van der Waals surface area contributed by atoms with Crippen molar-refractivity contribution < 1.29 is 0 Å². The number of aromatic nitrogens is 2. The van der Waals surface area contributed by atoms with Crippen LogP contribution in [-0.4, -0.2) is 9.78 Å². The molecule has 2 N–H and O–H groups in total. The minimum absolute atomic E-state index is 0.832. The molecule has 1 aromatic rings. The van der Waals surface area contributed by atoms with E-state index in [0.29, 0.717) is 0 Å². The average molecular weight is 195 g/mol. The number of rotatable bonds is 5. The standard InChI is InChI=1S/C11H21N3/c1-4-5-6-7-8-14-11(12)9(2)10(3)13-14/h4-8,12H2,1-3H3. The lowest BCUT2D eigenvalue weighted by Gasteiger charge is -2.03. The first-order valence-electron chi connectivity index (χ1n) is 5.46. The second kappa shape index (κ2) is 5.03. The summed E-state index contributed by atoms with van der Waals surface area (Å²) < 4.78 is 1.93. The van der Waals surface area contributed by atoms with Gasteiger partial charge in [-0.2, -0.15) is 5.10 Å². The predicted molar refractivity (Wildman–Crippen MR) is 60.3 cm³/mol. The maximum absolute atomic E-state index is 5.92. The largest absolute Gasteiger partial charge is 0.384 e. The summed E-state index contributed by atoms with van der Waals surface area (Å²) in [5, 5.41) is 4.40. The first-order valence-corrected chi connectivity index (χ1v) is 5.46. The third-order valence-electron chi connectivity index (χ3n) is 2.70. The predicted octanol–water partition coefficient (Wildman–Crippen LogP) is 2.66. The Bertz CT molecular complexity index is 289. The SMILES string of the molecule is CCCCCCn1nc(C)c(C)c1N. The molecule has 80 valence electrons. The normalized spacial score (nSPS) is 10.8. The quantitative estimate of drug-likeness (QED) is 0.734. The van der Waals surface area contributed by atoms with Crippen LogP contribution >= 0.6 is 0 Å². The molecule has 0 bridgehead atoms. The molecule has 0 radical (unpaired) electrons. The van der Waals surface area contributed by atoms with Gasteiger partial charge in [-0.1, -0.05) is 26.2 Å². The van der Waals surface area contributed by atoms with Gasteiger partial charge < -0.3 is 5.73 Å². The van der Waals surface area contributed by atoms with E-state index in [1.54, 1.807) is 0 Å². The highest BCUT2D eigenvalue weighted by atomic mass is 15.3. The molecular weight excluding hydrogens is 174 g/mol. The number of hydrogen-bond donors (Lipinski definition) is 1. The smallest absolute Gasteiger partial charge is 0.124 e. The molecule has 3 nitrogen and oxygen atoms in total. The fourth-order valence-electron chi connectivity index (χ4n) is 1.55. The van der Waals surface area contributed by atoms with E-state index in [1.807, 2.05) is 18.5 Å². The van der Waals surface area contributed by atoms with Gasteiger partial charge in [-0.3, -0.25) is 0 Å². The maximum Gasteiger partial charge on any atom is 0.124 e. The molecule has 1 rings (SSSR count). The summed E-state index contributed by atoms with van der Waals surface area (Å²) >= 11 is 0. The summed E-state index contributed by atoms with van der Waals surface area (Å²) in [7, 11) is 0. The minimum atomic E-state index is 0.832. The number of unbranched alkanes of at least 4 members (excludes halogenated alkanes) is 3. The topological polar surface area (TPSA) is 43.8 Å². The van der Waals surface area contributed by atoms with E-state index in [-0.39, 0.29) is 0 Å². The molecule has 0 saturated carbocycles. The van der Waals surface area contributed by atoms with Crippen molar-refractivity contribution in [3.05, 3.63) is 11.3 Å². The van der Waals surface area contributed by atoms with Crippen LogP contribution in [0.3, 0.4) is 0 Å². The molecule has 0 atom stereocenters. The molecule has 1 heterocycles. The minimum Gasteiger partial charge on any atom is -0.384 e. The lowest BCUT2D eigenvalue weighted by atomic mass is 10.2. The summed E-state index contributed by atoms with van der Waals surface area (Å²) in [6.45, 7) is 7.21. The number of nitrogen functional groups attached to an aromatic ring is 1. The summed E-state index contributed by atoms with van der Waals surface area (Å²) in [5.41, 5.74) is 8.10. The Kier molecular flexibility index (Phi) is 3.98. The van der Waals surface area contributed by atoms with Crippen molar-refractivity contribution in [1.29, 1.82) is 0 Å². The molecule has 0 aliphatic rings. The number of hydrogen-bond acceptors (Lipinski definition) is 2. The zero-order valence-electron chi connectivity index (χ0n) is 9.51. The van der Waals surface area contributed by atoms with Crippen molar-refractivity contribution in [2.45, 2.75) is 53.0 Å². The van der Waals surface area contributed by atoms with E-state index in [9.17, 15) is 0 Å². The van der Waals surface area contributed by atoms with Crippen LogP contribution in [0.25, 0.3) is 0 Å². The number of aryl methyl sites for hydroxylation is 2. The lowest BCUT2D eigenvalue weighted by Crippen LogP contribution is -2.05. The van der Waals surface area contributed by atoms with Crippen LogP contribution in [0, 0.1) is 13.8 Å². The van der Waals surface area contributed by atoms with Crippen LogP contribution in [0.2, 0.25) is 0 Å². The van der Waals surface area contributed by atoms with E-state index in [1.165, 1.54) is 25.7 Å². The van der Waals surface area contributed by atoms with Crippen molar-refractivity contribution in [2.75, 3.05) is 5.73 Å². The van der Waals surface area contributed by atoms with Gasteiger partial charge in [0.25, 0.3) is 0 Å². The van der Waals surface area contributed by atoms with Gasteiger partial charge in [-0.15, -0.1) is 0 Å². The molecular formula is C11H21N3. The monoisotopic (exact) mass is 195 g/mol. The third-order valence-corrected chi connectivity index (χ3v) is 2.70. The van der Waals surface area contributed by atoms with Crippen molar-refractivity contribution in [1.82, 2.24) is 9.78 Å². The highest BCUT2D eigenvalue weighted by Crippen LogP contribution is 2.15. The van der Waals surface area contributed by atoms with Gasteiger partial charge in [0.05, 0.1) is 5.69 Å². The summed E-state index contributed by atoms with van der Waals surface area (Å²) in [6.07, 6.45) is 5.03. The van der Waals surface area contributed by atoms with E-state index in [2.05, 4.69) is 12.0 Å². The second-order valence-electron chi connectivity index (χ2n) is 3.88. The average Bonchev–Trinajstić information content (AvgIpc) is 2.41. The first-order chi connectivity index (χ1) is 6.66. The highest BCUT2D eigenvalue weighted by molar-refractivity contribution is 5.41. The van der Waals surface area contributed by atoms with Crippen LogP contribution in [0.5, 0.6) is 0 Å². The molecule has 1 aromatic heterocycles. The van der Waals surface area contributed by atoms with Crippen LogP contribution in [0.15, 0.2) is 0 Å². The van der Waals surface area contributed by atoms with Crippen LogP contribution in [0.1, 0.15) is 43.9 Å². The fraction of sp³-hybridized carbons (Fsp3) is 0.727. The molecule has 0 unspecified atom stereocenters. The van der Waals surface area contributed by atoms with Gasteiger partial charge in [0.1, 0.15) is 5.82 Å². The molecule has 0 aliphatic heterocycles. The van der Waals surface area contributed by atoms with E-state index < -0.39 is 0 Å². The zero-order valence-corrected chi connectivity index (χ0v) is 9.51. The molecule has 14 heavy (non-hydrogen) atoms. The van der Waals surface area contributed by atoms with Crippen LogP contribution in [-0.2, 0) is 6.54 Å². The van der Waals surface area contributed by atoms with Crippen molar-refractivity contribution in [3.8, 4) is 0 Å². The number of nitrogens with zero attached hydrogens (tertiary/aromatic N) is 2. The van der Waals surface area contributed by atoms with E-state index >= 15 is 0 Å². The molecule has 0 aromatic carbocycles. The van der Waals surface area contributed by atoms with Gasteiger partial charge in [0.2, 0.25) is 0 Å². The lowest BCUT2D eigenvalue weighted by molar-refractivity contribution is 0.544. The summed E-state index contributed by atoms with van der Waals surface area (Å²) in [5.74, 6) is 0.832. The van der Waals surface area contributed by atoms with E-state index in [0.717, 1.165) is 23.6 Å². The van der Waals surface area contributed by atoms with Gasteiger partial charge in [-0.05, 0) is 20.3 Å². The zero-order chi connectivity index (χ0) is 10.6. The fourth-order valence-corrected chi connectivity index (χ4v) is 1.55. The number of anilines is 1. The summed E-state index contributed by atoms with van der Waals surface area (Å²) in [4.78, 5) is 0. The van der Waals surface area contributed by atoms with Gasteiger partial charge in [-0.25, -0.2) is 4.68 Å². The van der Waals surface area contributed by atoms with Crippen molar-refractivity contribution in [2.24, 2.45) is 0 Å². The molecule has 0 aliphatic carbocycles. The Balaban J connectivity index is 2.47. The second-order valence-corrected chi connectivity index (χ2v) is 3.88. The molecule has 0 saturated heterocycles. The third kappa shape index (κ3) is 2.50. The maximum atomic E-state index is 5.92. The van der Waals surface area contributed by atoms with Gasteiger partial charge in [0, 0.05) is 12.1 Å². The van der Waals surface area contributed by atoms with E-state index in [4.69, 9.17) is 5.73 Å². The Hall–Kier alpha value is -0.990. The van der Waals surface area contributed by atoms with Gasteiger partial charge >= 0.3 is 0 Å². The van der Waals surface area contributed by atoms with Crippen LogP contribution < -0.4 is 5.73 Å². The molecule has 0 fully saturated rings. The van der Waals surface area contributed by atoms with Gasteiger partial charge in [0.15, 0.2) is 0 Å². The first kappa shape index (κ1) is 11.1. The van der Waals surface area contributed by atoms with Crippen LogP contribution in [0.4, 0.5) is 5.82 Å². The highest BCUT2D eigenvalue weighted by Gasteiger charge is 2.06. The molecule has 0 amide bonds. The Labute approximate surface area is 86.3 Å².